The minimum atomic E-state index is -4.50. The smallest absolute Gasteiger partial charge is 0.416 e. The van der Waals surface area contributed by atoms with Crippen molar-refractivity contribution in [2.75, 3.05) is 25.6 Å². The van der Waals surface area contributed by atoms with Gasteiger partial charge in [0.25, 0.3) is 0 Å². The standard InChI is InChI=1S/C19H19F3N2O4/c1-27-16-7-5-13(6-8-16)10-23-17(25)11-28-12-18(26)24-15-4-2-3-14(9-15)19(20,21)22/h2-9H,10-12H2,1H3,(H,23,25)(H,24,26). The lowest BCUT2D eigenvalue weighted by atomic mass is 10.2. The summed E-state index contributed by atoms with van der Waals surface area (Å²) in [6, 6.07) is 11.3. The summed E-state index contributed by atoms with van der Waals surface area (Å²) in [5.41, 5.74) is -0.0204. The Balaban J connectivity index is 1.70. The Morgan fingerprint density at radius 3 is 2.32 bits per heavy atom. The second kappa shape index (κ2) is 9.75. The van der Waals surface area contributed by atoms with Crippen LogP contribution in [0.2, 0.25) is 0 Å². The van der Waals surface area contributed by atoms with Crippen LogP contribution in [0.25, 0.3) is 0 Å². The molecule has 0 aliphatic heterocycles. The lowest BCUT2D eigenvalue weighted by Gasteiger charge is -2.10. The SMILES string of the molecule is COc1ccc(CNC(=O)COCC(=O)Nc2cccc(C(F)(F)F)c2)cc1. The zero-order valence-electron chi connectivity index (χ0n) is 15.0. The largest absolute Gasteiger partial charge is 0.497 e. The number of anilines is 1. The van der Waals surface area contributed by atoms with Crippen molar-refractivity contribution in [3.05, 3.63) is 59.7 Å². The van der Waals surface area contributed by atoms with E-state index in [4.69, 9.17) is 9.47 Å². The van der Waals surface area contributed by atoms with E-state index in [1.165, 1.54) is 12.1 Å². The van der Waals surface area contributed by atoms with Gasteiger partial charge in [-0.3, -0.25) is 9.59 Å². The van der Waals surface area contributed by atoms with Crippen molar-refractivity contribution in [1.82, 2.24) is 5.32 Å². The molecular weight excluding hydrogens is 377 g/mol. The van der Waals surface area contributed by atoms with Crippen molar-refractivity contribution in [2.45, 2.75) is 12.7 Å². The third-order valence-electron chi connectivity index (χ3n) is 3.59. The fraction of sp³-hybridized carbons (Fsp3) is 0.263. The molecule has 0 aromatic heterocycles. The average Bonchev–Trinajstić information content (AvgIpc) is 2.66. The summed E-state index contributed by atoms with van der Waals surface area (Å²) in [5.74, 6) is -0.393. The predicted octanol–water partition coefficient (Wildman–Crippen LogP) is 2.99. The fourth-order valence-electron chi connectivity index (χ4n) is 2.20. The maximum Gasteiger partial charge on any atom is 0.416 e. The topological polar surface area (TPSA) is 76.7 Å². The minimum Gasteiger partial charge on any atom is -0.497 e. The number of methoxy groups -OCH3 is 1. The second-order valence-corrected chi connectivity index (χ2v) is 5.74. The third kappa shape index (κ3) is 6.92. The molecule has 0 radical (unpaired) electrons. The van der Waals surface area contributed by atoms with Crippen LogP contribution < -0.4 is 15.4 Å². The molecule has 0 saturated carbocycles. The number of halogens is 3. The van der Waals surface area contributed by atoms with Gasteiger partial charge in [0.15, 0.2) is 0 Å². The van der Waals surface area contributed by atoms with Crippen LogP contribution in [-0.4, -0.2) is 32.1 Å². The van der Waals surface area contributed by atoms with Gasteiger partial charge in [-0.1, -0.05) is 18.2 Å². The molecule has 6 nitrogen and oxygen atoms in total. The summed E-state index contributed by atoms with van der Waals surface area (Å²) < 4.78 is 47.9. The highest BCUT2D eigenvalue weighted by Gasteiger charge is 2.30. The third-order valence-corrected chi connectivity index (χ3v) is 3.59. The van der Waals surface area contributed by atoms with Gasteiger partial charge in [0.05, 0.1) is 12.7 Å². The van der Waals surface area contributed by atoms with Crippen LogP contribution >= 0.6 is 0 Å². The van der Waals surface area contributed by atoms with Gasteiger partial charge in [0, 0.05) is 12.2 Å². The first-order chi connectivity index (χ1) is 13.3. The molecule has 150 valence electrons. The highest BCUT2D eigenvalue weighted by atomic mass is 19.4. The van der Waals surface area contributed by atoms with Gasteiger partial charge in [-0.2, -0.15) is 13.2 Å². The molecule has 0 aliphatic carbocycles. The lowest BCUT2D eigenvalue weighted by Crippen LogP contribution is -2.29. The number of ether oxygens (including phenoxy) is 2. The Kier molecular flexibility index (Phi) is 7.39. The molecule has 9 heteroatoms. The quantitative estimate of drug-likeness (QED) is 0.719. The number of hydrogen-bond donors (Lipinski definition) is 2. The van der Waals surface area contributed by atoms with Crippen LogP contribution in [-0.2, 0) is 27.0 Å². The van der Waals surface area contributed by atoms with E-state index >= 15 is 0 Å². The molecule has 0 spiro atoms. The summed E-state index contributed by atoms with van der Waals surface area (Å²) in [7, 11) is 1.55. The molecule has 0 bridgehead atoms. The van der Waals surface area contributed by atoms with Crippen molar-refractivity contribution in [3.63, 3.8) is 0 Å². The second-order valence-electron chi connectivity index (χ2n) is 5.74. The Morgan fingerprint density at radius 2 is 1.68 bits per heavy atom. The molecule has 2 amide bonds. The van der Waals surface area contributed by atoms with E-state index in [9.17, 15) is 22.8 Å². The van der Waals surface area contributed by atoms with E-state index in [2.05, 4.69) is 10.6 Å². The molecule has 0 aliphatic rings. The first kappa shape index (κ1) is 21.2. The van der Waals surface area contributed by atoms with Gasteiger partial charge in [0.1, 0.15) is 19.0 Å². The number of alkyl halides is 3. The van der Waals surface area contributed by atoms with Crippen molar-refractivity contribution < 1.29 is 32.2 Å². The maximum absolute atomic E-state index is 12.6. The van der Waals surface area contributed by atoms with Crippen molar-refractivity contribution in [2.24, 2.45) is 0 Å². The van der Waals surface area contributed by atoms with Crippen LogP contribution in [0.3, 0.4) is 0 Å². The lowest BCUT2D eigenvalue weighted by molar-refractivity contribution is -0.137. The number of hydrogen-bond acceptors (Lipinski definition) is 4. The number of benzene rings is 2. The Bertz CT molecular complexity index is 808. The number of amides is 2. The van der Waals surface area contributed by atoms with Crippen molar-refractivity contribution in [3.8, 4) is 5.75 Å². The van der Waals surface area contributed by atoms with Crippen LogP contribution in [0.5, 0.6) is 5.75 Å². The molecule has 0 fully saturated rings. The van der Waals surface area contributed by atoms with Gasteiger partial charge in [0.2, 0.25) is 11.8 Å². The van der Waals surface area contributed by atoms with Gasteiger partial charge >= 0.3 is 6.18 Å². The number of nitrogens with one attached hydrogen (secondary N) is 2. The molecule has 0 saturated heterocycles. The zero-order valence-corrected chi connectivity index (χ0v) is 15.0. The van der Waals surface area contributed by atoms with Crippen LogP contribution in [0.4, 0.5) is 18.9 Å². The fourth-order valence-corrected chi connectivity index (χ4v) is 2.20. The van der Waals surface area contributed by atoms with E-state index < -0.39 is 30.2 Å². The Hall–Kier alpha value is -3.07. The highest BCUT2D eigenvalue weighted by Crippen LogP contribution is 2.30. The van der Waals surface area contributed by atoms with Gasteiger partial charge < -0.3 is 20.1 Å². The number of carbonyl (C=O) groups excluding carboxylic acids is 2. The van der Waals surface area contributed by atoms with Crippen LogP contribution in [0.1, 0.15) is 11.1 Å². The van der Waals surface area contributed by atoms with Crippen LogP contribution in [0, 0.1) is 0 Å². The summed E-state index contributed by atoms with van der Waals surface area (Å²) in [5, 5.41) is 4.91. The monoisotopic (exact) mass is 396 g/mol. The summed E-state index contributed by atoms with van der Waals surface area (Å²) in [4.78, 5) is 23.5. The van der Waals surface area contributed by atoms with Crippen LogP contribution in [0.15, 0.2) is 48.5 Å². The van der Waals surface area contributed by atoms with E-state index in [1.54, 1.807) is 31.4 Å². The number of rotatable bonds is 8. The first-order valence-corrected chi connectivity index (χ1v) is 8.22. The van der Waals surface area contributed by atoms with Gasteiger partial charge in [-0.15, -0.1) is 0 Å². The number of carbonyl (C=O) groups is 2. The molecular formula is C19H19F3N2O4. The highest BCUT2D eigenvalue weighted by molar-refractivity contribution is 5.92. The first-order valence-electron chi connectivity index (χ1n) is 8.22. The Morgan fingerprint density at radius 1 is 1.00 bits per heavy atom. The molecule has 28 heavy (non-hydrogen) atoms. The minimum absolute atomic E-state index is 0.00705. The van der Waals surface area contributed by atoms with Crippen molar-refractivity contribution in [1.29, 1.82) is 0 Å². The van der Waals surface area contributed by atoms with Crippen molar-refractivity contribution >= 4 is 17.5 Å². The normalized spacial score (nSPS) is 11.0. The average molecular weight is 396 g/mol. The molecule has 0 atom stereocenters. The summed E-state index contributed by atoms with van der Waals surface area (Å²) in [6.07, 6.45) is -4.50. The molecule has 0 unspecified atom stereocenters. The molecule has 0 heterocycles. The zero-order chi connectivity index (χ0) is 20.6. The molecule has 2 N–H and O–H groups in total. The van der Waals surface area contributed by atoms with Gasteiger partial charge in [-0.05, 0) is 35.9 Å². The Labute approximate surface area is 159 Å². The van der Waals surface area contributed by atoms with Gasteiger partial charge in [-0.25, -0.2) is 0 Å². The summed E-state index contributed by atoms with van der Waals surface area (Å²) in [6.45, 7) is -0.541. The molecule has 2 rings (SSSR count). The molecule has 2 aromatic rings. The predicted molar refractivity (Wildman–Crippen MR) is 95.7 cm³/mol. The van der Waals surface area contributed by atoms with E-state index in [-0.39, 0.29) is 18.8 Å². The van der Waals surface area contributed by atoms with E-state index in [0.717, 1.165) is 17.7 Å². The van der Waals surface area contributed by atoms with E-state index in [1.807, 2.05) is 0 Å². The summed E-state index contributed by atoms with van der Waals surface area (Å²) >= 11 is 0. The van der Waals surface area contributed by atoms with E-state index in [0.29, 0.717) is 5.75 Å². The molecule has 2 aromatic carbocycles. The maximum atomic E-state index is 12.6.